The van der Waals surface area contributed by atoms with Gasteiger partial charge in [0.05, 0.1) is 0 Å². The number of nitriles is 1. The summed E-state index contributed by atoms with van der Waals surface area (Å²) in [7, 11) is 0. The van der Waals surface area contributed by atoms with E-state index in [0.29, 0.717) is 21.3 Å². The summed E-state index contributed by atoms with van der Waals surface area (Å²) < 4.78 is 0. The lowest BCUT2D eigenvalue weighted by Gasteiger charge is -2.08. The van der Waals surface area contributed by atoms with Crippen LogP contribution in [0.5, 0.6) is 0 Å². The third-order valence-electron chi connectivity index (χ3n) is 3.44. The fourth-order valence-electron chi connectivity index (χ4n) is 2.34. The molecule has 23 heavy (non-hydrogen) atoms. The first-order valence-electron chi connectivity index (χ1n) is 6.78. The first-order chi connectivity index (χ1) is 11.1. The number of benzene rings is 2. The molecule has 0 fully saturated rings. The molecule has 0 aliphatic heterocycles. The molecule has 0 radical (unpaired) electrons. The van der Waals surface area contributed by atoms with E-state index in [1.807, 2.05) is 12.1 Å². The molecule has 3 aromatic rings. The normalized spacial score (nSPS) is 10.3. The Hall–Kier alpha value is -2.54. The minimum Gasteiger partial charge on any atom is -0.321 e. The quantitative estimate of drug-likeness (QED) is 0.722. The number of nitrogens with one attached hydrogen (secondary N) is 1. The molecule has 0 bridgehead atoms. The summed E-state index contributed by atoms with van der Waals surface area (Å²) in [5, 5.41) is 10.5. The van der Waals surface area contributed by atoms with E-state index in [1.165, 1.54) is 0 Å². The summed E-state index contributed by atoms with van der Waals surface area (Å²) in [4.78, 5) is 15.0. The third-order valence-corrected chi connectivity index (χ3v) is 3.92. The van der Waals surface area contributed by atoms with E-state index in [4.69, 9.17) is 23.2 Å². The van der Waals surface area contributed by atoms with Crippen molar-refractivity contribution in [1.82, 2.24) is 4.98 Å². The van der Waals surface area contributed by atoms with Gasteiger partial charge in [-0.15, -0.1) is 0 Å². The number of halogens is 2. The highest BCUT2D eigenvalue weighted by molar-refractivity contribution is 6.31. The van der Waals surface area contributed by atoms with Gasteiger partial charge in [-0.05, 0) is 41.5 Å². The van der Waals surface area contributed by atoms with E-state index in [1.54, 1.807) is 48.5 Å². The van der Waals surface area contributed by atoms with Crippen molar-refractivity contribution in [3.63, 3.8) is 0 Å². The first-order valence-corrected chi connectivity index (χ1v) is 7.53. The fraction of sp³-hybridized carbons (Fsp3) is 0. The van der Waals surface area contributed by atoms with Crippen molar-refractivity contribution >= 4 is 23.2 Å². The Balaban J connectivity index is 2.24. The van der Waals surface area contributed by atoms with Gasteiger partial charge >= 0.3 is 0 Å². The predicted molar refractivity (Wildman–Crippen MR) is 92.7 cm³/mol. The van der Waals surface area contributed by atoms with Crippen LogP contribution in [0.15, 0.2) is 59.4 Å². The van der Waals surface area contributed by atoms with E-state index in [0.717, 1.165) is 11.1 Å². The molecule has 1 heterocycles. The van der Waals surface area contributed by atoms with Crippen LogP contribution >= 0.6 is 23.2 Å². The SMILES string of the molecule is N#Cc1c(-c2cccc(Cl)c2)cc(-c2ccc(Cl)cc2)[nH]c1=O. The summed E-state index contributed by atoms with van der Waals surface area (Å²) in [6, 6.07) is 17.9. The minimum atomic E-state index is -0.435. The van der Waals surface area contributed by atoms with Crippen LogP contribution in [0.4, 0.5) is 0 Å². The van der Waals surface area contributed by atoms with Crippen molar-refractivity contribution in [3.05, 3.63) is 80.6 Å². The highest BCUT2D eigenvalue weighted by Crippen LogP contribution is 2.28. The molecule has 112 valence electrons. The monoisotopic (exact) mass is 340 g/mol. The molecule has 0 aliphatic rings. The maximum atomic E-state index is 12.3. The average Bonchev–Trinajstić information content (AvgIpc) is 2.55. The smallest absolute Gasteiger partial charge is 0.266 e. The zero-order chi connectivity index (χ0) is 16.4. The molecule has 0 saturated carbocycles. The number of aromatic nitrogens is 1. The Morgan fingerprint density at radius 1 is 0.913 bits per heavy atom. The van der Waals surface area contributed by atoms with Crippen molar-refractivity contribution in [2.24, 2.45) is 0 Å². The zero-order valence-electron chi connectivity index (χ0n) is 11.8. The van der Waals surface area contributed by atoms with Gasteiger partial charge in [0.15, 0.2) is 0 Å². The lowest BCUT2D eigenvalue weighted by atomic mass is 9.99. The molecule has 5 heteroatoms. The Labute approximate surface area is 142 Å². The van der Waals surface area contributed by atoms with E-state index >= 15 is 0 Å². The standard InChI is InChI=1S/C18H10Cl2N2O/c19-13-6-4-11(5-7-13)17-9-15(16(10-21)18(23)22-17)12-2-1-3-14(20)8-12/h1-9H,(H,22,23). The molecule has 0 aliphatic carbocycles. The van der Waals surface area contributed by atoms with Crippen LogP contribution in [0.3, 0.4) is 0 Å². The second-order valence-electron chi connectivity index (χ2n) is 4.93. The summed E-state index contributed by atoms with van der Waals surface area (Å²) in [6.07, 6.45) is 0. The Morgan fingerprint density at radius 3 is 2.30 bits per heavy atom. The maximum absolute atomic E-state index is 12.3. The third kappa shape index (κ3) is 3.14. The number of pyridine rings is 1. The molecule has 0 saturated heterocycles. The molecule has 0 amide bonds. The second kappa shape index (κ2) is 6.29. The van der Waals surface area contributed by atoms with Crippen LogP contribution in [-0.4, -0.2) is 4.98 Å². The molecular formula is C18H10Cl2N2O. The van der Waals surface area contributed by atoms with Crippen molar-refractivity contribution in [3.8, 4) is 28.5 Å². The Bertz CT molecular complexity index is 970. The molecule has 0 unspecified atom stereocenters. The number of H-pyrrole nitrogens is 1. The average molecular weight is 341 g/mol. The van der Waals surface area contributed by atoms with Crippen LogP contribution in [0, 0.1) is 11.3 Å². The molecule has 3 rings (SSSR count). The highest BCUT2D eigenvalue weighted by atomic mass is 35.5. The topological polar surface area (TPSA) is 56.6 Å². The summed E-state index contributed by atoms with van der Waals surface area (Å²) in [5.74, 6) is 0. The summed E-state index contributed by atoms with van der Waals surface area (Å²) in [6.45, 7) is 0. The lowest BCUT2D eigenvalue weighted by Crippen LogP contribution is -2.12. The van der Waals surface area contributed by atoms with Gasteiger partial charge < -0.3 is 4.98 Å². The molecule has 2 aromatic carbocycles. The fourth-order valence-corrected chi connectivity index (χ4v) is 2.66. The van der Waals surface area contributed by atoms with E-state index in [2.05, 4.69) is 4.98 Å². The molecule has 1 N–H and O–H groups in total. The number of hydrogen-bond acceptors (Lipinski definition) is 2. The first kappa shape index (κ1) is 15.4. The van der Waals surface area contributed by atoms with E-state index in [9.17, 15) is 10.1 Å². The largest absolute Gasteiger partial charge is 0.321 e. The van der Waals surface area contributed by atoms with Gasteiger partial charge in [0.1, 0.15) is 11.6 Å². The zero-order valence-corrected chi connectivity index (χ0v) is 13.3. The van der Waals surface area contributed by atoms with Crippen molar-refractivity contribution in [2.45, 2.75) is 0 Å². The van der Waals surface area contributed by atoms with Gasteiger partial charge in [-0.2, -0.15) is 5.26 Å². The molecule has 1 aromatic heterocycles. The van der Waals surface area contributed by atoms with Gasteiger partial charge in [0, 0.05) is 21.3 Å². The van der Waals surface area contributed by atoms with Crippen LogP contribution < -0.4 is 5.56 Å². The van der Waals surface area contributed by atoms with Crippen molar-refractivity contribution in [1.29, 1.82) is 5.26 Å². The lowest BCUT2D eigenvalue weighted by molar-refractivity contribution is 1.22. The highest BCUT2D eigenvalue weighted by Gasteiger charge is 2.12. The summed E-state index contributed by atoms with van der Waals surface area (Å²) >= 11 is 11.9. The van der Waals surface area contributed by atoms with Gasteiger partial charge in [-0.3, -0.25) is 4.79 Å². The molecule has 3 nitrogen and oxygen atoms in total. The van der Waals surface area contributed by atoms with Gasteiger partial charge in [0.2, 0.25) is 0 Å². The second-order valence-corrected chi connectivity index (χ2v) is 5.80. The number of rotatable bonds is 2. The maximum Gasteiger partial charge on any atom is 0.266 e. The summed E-state index contributed by atoms with van der Waals surface area (Å²) in [5.41, 5.74) is 2.30. The van der Waals surface area contributed by atoms with Gasteiger partial charge in [-0.1, -0.05) is 47.5 Å². The van der Waals surface area contributed by atoms with Gasteiger partial charge in [0.25, 0.3) is 5.56 Å². The van der Waals surface area contributed by atoms with Crippen molar-refractivity contribution < 1.29 is 0 Å². The molecular weight excluding hydrogens is 331 g/mol. The van der Waals surface area contributed by atoms with E-state index < -0.39 is 5.56 Å². The predicted octanol–water partition coefficient (Wildman–Crippen LogP) is 4.89. The van der Waals surface area contributed by atoms with Crippen LogP contribution in [0.2, 0.25) is 10.0 Å². The van der Waals surface area contributed by atoms with Crippen LogP contribution in [-0.2, 0) is 0 Å². The number of hydrogen-bond donors (Lipinski definition) is 1. The van der Waals surface area contributed by atoms with Crippen LogP contribution in [0.1, 0.15) is 5.56 Å². The van der Waals surface area contributed by atoms with Crippen molar-refractivity contribution in [2.75, 3.05) is 0 Å². The van der Waals surface area contributed by atoms with Crippen LogP contribution in [0.25, 0.3) is 22.4 Å². The number of nitrogens with zero attached hydrogens (tertiary/aromatic N) is 1. The molecule has 0 spiro atoms. The minimum absolute atomic E-state index is 0.0602. The molecule has 0 atom stereocenters. The Morgan fingerprint density at radius 2 is 1.65 bits per heavy atom. The number of aromatic amines is 1. The van der Waals surface area contributed by atoms with E-state index in [-0.39, 0.29) is 5.56 Å². The Kier molecular flexibility index (Phi) is 4.20. The van der Waals surface area contributed by atoms with Gasteiger partial charge in [-0.25, -0.2) is 0 Å².